The fraction of sp³-hybridized carbons (Fsp3) is 0.318. The van der Waals surface area contributed by atoms with Gasteiger partial charge in [0.1, 0.15) is 6.10 Å². The van der Waals surface area contributed by atoms with Crippen molar-refractivity contribution in [3.8, 4) is 5.88 Å². The molecule has 3 heteroatoms. The zero-order chi connectivity index (χ0) is 17.4. The Morgan fingerprint density at radius 3 is 2.72 bits per heavy atom. The van der Waals surface area contributed by atoms with Crippen LogP contribution in [0.5, 0.6) is 5.88 Å². The predicted octanol–water partition coefficient (Wildman–Crippen LogP) is 4.63. The van der Waals surface area contributed by atoms with Crippen molar-refractivity contribution in [2.75, 3.05) is 6.54 Å². The summed E-state index contributed by atoms with van der Waals surface area (Å²) in [6.07, 6.45) is 0.126. The summed E-state index contributed by atoms with van der Waals surface area (Å²) < 4.78 is 6.16. The van der Waals surface area contributed by atoms with Gasteiger partial charge in [0.25, 0.3) is 0 Å². The van der Waals surface area contributed by atoms with E-state index in [4.69, 9.17) is 9.72 Å². The maximum absolute atomic E-state index is 6.16. The van der Waals surface area contributed by atoms with Gasteiger partial charge in [-0.05, 0) is 49.6 Å². The van der Waals surface area contributed by atoms with Crippen LogP contribution in [0.1, 0.15) is 29.2 Å². The van der Waals surface area contributed by atoms with Gasteiger partial charge in [-0.2, -0.15) is 0 Å². The zero-order valence-corrected chi connectivity index (χ0v) is 15.1. The van der Waals surface area contributed by atoms with Crippen molar-refractivity contribution in [1.82, 2.24) is 9.88 Å². The molecule has 0 saturated carbocycles. The highest BCUT2D eigenvalue weighted by Gasteiger charge is 2.22. The lowest BCUT2D eigenvalue weighted by atomic mass is 10.0. The third kappa shape index (κ3) is 3.38. The van der Waals surface area contributed by atoms with E-state index >= 15 is 0 Å². The van der Waals surface area contributed by atoms with Crippen LogP contribution in [0.2, 0.25) is 0 Å². The molecule has 0 fully saturated rings. The highest BCUT2D eigenvalue weighted by Crippen LogP contribution is 2.30. The second-order valence-corrected chi connectivity index (χ2v) is 7.18. The quantitative estimate of drug-likeness (QED) is 0.684. The molecule has 128 valence electrons. The van der Waals surface area contributed by atoms with Gasteiger partial charge in [0.2, 0.25) is 5.88 Å². The molecule has 0 radical (unpaired) electrons. The smallest absolute Gasteiger partial charge is 0.218 e. The first-order valence-electron chi connectivity index (χ1n) is 8.92. The van der Waals surface area contributed by atoms with Crippen LogP contribution in [0.25, 0.3) is 10.9 Å². The second kappa shape index (κ2) is 6.49. The fourth-order valence-corrected chi connectivity index (χ4v) is 3.73. The molecule has 4 rings (SSSR count). The molecule has 2 aromatic carbocycles. The molecule has 1 aliphatic heterocycles. The van der Waals surface area contributed by atoms with Crippen molar-refractivity contribution in [3.05, 3.63) is 70.8 Å². The molecule has 0 N–H and O–H groups in total. The molecule has 25 heavy (non-hydrogen) atoms. The Bertz CT molecular complexity index is 905. The van der Waals surface area contributed by atoms with Gasteiger partial charge >= 0.3 is 0 Å². The number of hydrogen-bond donors (Lipinski definition) is 0. The molecule has 0 bridgehead atoms. The molecule has 1 unspecified atom stereocenters. The normalized spacial score (nSPS) is 17.8. The Balaban J connectivity index is 1.71. The van der Waals surface area contributed by atoms with E-state index in [1.165, 1.54) is 27.6 Å². The van der Waals surface area contributed by atoms with Crippen LogP contribution in [-0.2, 0) is 13.1 Å². The largest absolute Gasteiger partial charge is 0.473 e. The van der Waals surface area contributed by atoms with Gasteiger partial charge < -0.3 is 4.74 Å². The minimum absolute atomic E-state index is 0.126. The summed E-state index contributed by atoms with van der Waals surface area (Å²) in [5.74, 6) is 0.792. The summed E-state index contributed by atoms with van der Waals surface area (Å²) >= 11 is 0. The summed E-state index contributed by atoms with van der Waals surface area (Å²) in [5.41, 5.74) is 6.06. The Kier molecular flexibility index (Phi) is 4.18. The highest BCUT2D eigenvalue weighted by molar-refractivity contribution is 5.84. The third-order valence-corrected chi connectivity index (χ3v) is 4.80. The Morgan fingerprint density at radius 2 is 1.92 bits per heavy atom. The monoisotopic (exact) mass is 332 g/mol. The van der Waals surface area contributed by atoms with Gasteiger partial charge in [0, 0.05) is 30.6 Å². The average molecular weight is 332 g/mol. The number of aromatic nitrogens is 1. The van der Waals surface area contributed by atoms with Crippen LogP contribution in [0.3, 0.4) is 0 Å². The molecular formula is C22H24N2O. The van der Waals surface area contributed by atoms with Crippen molar-refractivity contribution in [1.29, 1.82) is 0 Å². The summed E-state index contributed by atoms with van der Waals surface area (Å²) in [5, 5.41) is 1.22. The van der Waals surface area contributed by atoms with Crippen molar-refractivity contribution >= 4 is 10.9 Å². The van der Waals surface area contributed by atoms with E-state index in [9.17, 15) is 0 Å². The minimum atomic E-state index is 0.126. The summed E-state index contributed by atoms with van der Waals surface area (Å²) in [6.45, 7) is 9.10. The van der Waals surface area contributed by atoms with Gasteiger partial charge in [-0.3, -0.25) is 4.90 Å². The number of benzene rings is 2. The topological polar surface area (TPSA) is 25.4 Å². The van der Waals surface area contributed by atoms with Crippen LogP contribution in [0.15, 0.2) is 48.5 Å². The number of ether oxygens (including phenoxy) is 1. The van der Waals surface area contributed by atoms with Gasteiger partial charge in [-0.15, -0.1) is 0 Å². The molecule has 0 saturated heterocycles. The van der Waals surface area contributed by atoms with E-state index in [1.54, 1.807) is 0 Å². The van der Waals surface area contributed by atoms with E-state index in [1.807, 2.05) is 0 Å². The van der Waals surface area contributed by atoms with Crippen LogP contribution in [0, 0.1) is 13.8 Å². The molecule has 0 spiro atoms. The lowest BCUT2D eigenvalue weighted by molar-refractivity contribution is 0.153. The Hall–Kier alpha value is -2.39. The van der Waals surface area contributed by atoms with Crippen LogP contribution < -0.4 is 4.74 Å². The van der Waals surface area contributed by atoms with Crippen molar-refractivity contribution in [3.63, 3.8) is 0 Å². The van der Waals surface area contributed by atoms with Gasteiger partial charge in [-0.25, -0.2) is 4.98 Å². The maximum Gasteiger partial charge on any atom is 0.218 e. The lowest BCUT2D eigenvalue weighted by Crippen LogP contribution is -2.30. The molecule has 0 aliphatic carbocycles. The first-order valence-corrected chi connectivity index (χ1v) is 8.92. The van der Waals surface area contributed by atoms with Gasteiger partial charge in [0.05, 0.1) is 5.52 Å². The standard InChI is InChI=1S/C22H24N2O/c1-15-9-16(2)20-11-19-14-24(13-18-7-5-4-6-8-18)12-17(3)25-22(19)23-21(20)10-15/h4-11,17H,12-14H2,1-3H3. The van der Waals surface area contributed by atoms with Crippen LogP contribution >= 0.6 is 0 Å². The molecule has 1 aromatic heterocycles. The molecule has 0 amide bonds. The van der Waals surface area contributed by atoms with E-state index < -0.39 is 0 Å². The minimum Gasteiger partial charge on any atom is -0.473 e. The van der Waals surface area contributed by atoms with Crippen molar-refractivity contribution in [2.24, 2.45) is 0 Å². The summed E-state index contributed by atoms with van der Waals surface area (Å²) in [6, 6.07) is 17.3. The molecule has 2 heterocycles. The number of hydrogen-bond acceptors (Lipinski definition) is 3. The second-order valence-electron chi connectivity index (χ2n) is 7.18. The number of pyridine rings is 1. The lowest BCUT2D eigenvalue weighted by Gasteiger charge is -2.21. The van der Waals surface area contributed by atoms with Crippen molar-refractivity contribution in [2.45, 2.75) is 40.0 Å². The molecular weight excluding hydrogens is 308 g/mol. The Morgan fingerprint density at radius 1 is 1.12 bits per heavy atom. The average Bonchev–Trinajstić information content (AvgIpc) is 2.71. The molecule has 3 aromatic rings. The summed E-state index contributed by atoms with van der Waals surface area (Å²) in [7, 11) is 0. The van der Waals surface area contributed by atoms with Crippen LogP contribution in [-0.4, -0.2) is 22.5 Å². The first kappa shape index (κ1) is 16.1. The van der Waals surface area contributed by atoms with E-state index in [2.05, 4.69) is 74.2 Å². The fourth-order valence-electron chi connectivity index (χ4n) is 3.73. The first-order chi connectivity index (χ1) is 12.1. The highest BCUT2D eigenvalue weighted by atomic mass is 16.5. The molecule has 1 atom stereocenters. The SMILES string of the molecule is Cc1cc(C)c2cc3c(nc2c1)OC(C)CN(Cc1ccccc1)C3. The number of rotatable bonds is 2. The maximum atomic E-state index is 6.16. The number of aryl methyl sites for hydroxylation is 2. The van der Waals surface area contributed by atoms with Gasteiger partial charge in [-0.1, -0.05) is 36.4 Å². The molecule has 3 nitrogen and oxygen atoms in total. The zero-order valence-electron chi connectivity index (χ0n) is 15.1. The summed E-state index contributed by atoms with van der Waals surface area (Å²) in [4.78, 5) is 7.29. The van der Waals surface area contributed by atoms with Crippen LogP contribution in [0.4, 0.5) is 0 Å². The molecule has 1 aliphatic rings. The van der Waals surface area contributed by atoms with Crippen molar-refractivity contribution < 1.29 is 4.74 Å². The Labute approximate surface area is 149 Å². The predicted molar refractivity (Wildman–Crippen MR) is 102 cm³/mol. The van der Waals surface area contributed by atoms with E-state index in [-0.39, 0.29) is 6.10 Å². The number of fused-ring (bicyclic) bond motifs is 2. The number of nitrogens with zero attached hydrogens (tertiary/aromatic N) is 2. The van der Waals surface area contributed by atoms with E-state index in [0.717, 1.165) is 31.0 Å². The van der Waals surface area contributed by atoms with E-state index in [0.29, 0.717) is 0 Å². The third-order valence-electron chi connectivity index (χ3n) is 4.80. The van der Waals surface area contributed by atoms with Gasteiger partial charge in [0.15, 0.2) is 0 Å².